The van der Waals surface area contributed by atoms with Crippen LogP contribution in [0.2, 0.25) is 5.02 Å². The Hall–Kier alpha value is -2.81. The molecule has 1 N–H and O–H groups in total. The fraction of sp³-hybridized carbons (Fsp3) is 0.188. The van der Waals surface area contributed by atoms with Crippen LogP contribution >= 0.6 is 11.6 Å². The molecule has 0 fully saturated rings. The summed E-state index contributed by atoms with van der Waals surface area (Å²) < 4.78 is 43.5. The molecule has 0 unspecified atom stereocenters. The molecular formula is C16H12ClF3N2O4. The number of hydrogen-bond donors (Lipinski definition) is 1. The lowest BCUT2D eigenvalue weighted by molar-refractivity contribution is -0.384. The van der Waals surface area contributed by atoms with Crippen LogP contribution in [-0.2, 0) is 11.0 Å². The molecular weight excluding hydrogens is 377 g/mol. The van der Waals surface area contributed by atoms with E-state index < -0.39 is 28.7 Å². The van der Waals surface area contributed by atoms with Gasteiger partial charge in [-0.2, -0.15) is 13.2 Å². The van der Waals surface area contributed by atoms with Gasteiger partial charge in [0.15, 0.2) is 6.10 Å². The topological polar surface area (TPSA) is 81.5 Å². The second-order valence-electron chi connectivity index (χ2n) is 5.20. The molecule has 2 rings (SSSR count). The molecule has 0 radical (unpaired) electrons. The zero-order valence-electron chi connectivity index (χ0n) is 13.2. The summed E-state index contributed by atoms with van der Waals surface area (Å²) in [5.41, 5.74) is -1.42. The summed E-state index contributed by atoms with van der Waals surface area (Å²) in [7, 11) is 0. The molecule has 2 aromatic rings. The number of non-ortho nitro benzene ring substituents is 1. The van der Waals surface area contributed by atoms with Crippen LogP contribution in [0.3, 0.4) is 0 Å². The molecule has 1 atom stereocenters. The molecule has 26 heavy (non-hydrogen) atoms. The monoisotopic (exact) mass is 388 g/mol. The molecule has 0 aliphatic rings. The molecule has 0 aliphatic heterocycles. The van der Waals surface area contributed by atoms with Gasteiger partial charge in [-0.3, -0.25) is 14.9 Å². The van der Waals surface area contributed by atoms with E-state index in [1.165, 1.54) is 25.1 Å². The van der Waals surface area contributed by atoms with Gasteiger partial charge in [-0.05, 0) is 31.2 Å². The minimum atomic E-state index is -4.59. The number of hydrogen-bond acceptors (Lipinski definition) is 4. The summed E-state index contributed by atoms with van der Waals surface area (Å²) in [6.45, 7) is 1.34. The van der Waals surface area contributed by atoms with Crippen LogP contribution in [0.25, 0.3) is 0 Å². The number of halogens is 4. The van der Waals surface area contributed by atoms with Gasteiger partial charge in [0.05, 0.1) is 27.3 Å². The van der Waals surface area contributed by atoms with Gasteiger partial charge in [0, 0.05) is 6.07 Å². The zero-order chi connectivity index (χ0) is 19.5. The summed E-state index contributed by atoms with van der Waals surface area (Å²) in [6.07, 6.45) is -5.72. The fourth-order valence-corrected chi connectivity index (χ4v) is 2.12. The van der Waals surface area contributed by atoms with Crippen LogP contribution < -0.4 is 10.1 Å². The molecule has 0 heterocycles. The Morgan fingerprint density at radius 2 is 1.96 bits per heavy atom. The summed E-state index contributed by atoms with van der Waals surface area (Å²) in [6, 6.07) is 7.68. The molecule has 1 amide bonds. The Morgan fingerprint density at radius 1 is 1.27 bits per heavy atom. The van der Waals surface area contributed by atoms with Crippen molar-refractivity contribution in [1.29, 1.82) is 0 Å². The summed E-state index contributed by atoms with van der Waals surface area (Å²) >= 11 is 5.81. The highest BCUT2D eigenvalue weighted by Crippen LogP contribution is 2.34. The van der Waals surface area contributed by atoms with Gasteiger partial charge in [0.25, 0.3) is 11.6 Å². The largest absolute Gasteiger partial charge is 0.481 e. The lowest BCUT2D eigenvalue weighted by Gasteiger charge is -2.16. The van der Waals surface area contributed by atoms with E-state index in [1.807, 2.05) is 0 Å². The van der Waals surface area contributed by atoms with Gasteiger partial charge in [0.1, 0.15) is 5.75 Å². The zero-order valence-corrected chi connectivity index (χ0v) is 14.0. The molecule has 2 aromatic carbocycles. The number of ether oxygens (including phenoxy) is 1. The predicted molar refractivity (Wildman–Crippen MR) is 88.3 cm³/mol. The highest BCUT2D eigenvalue weighted by Gasteiger charge is 2.31. The van der Waals surface area contributed by atoms with Crippen molar-refractivity contribution in [2.24, 2.45) is 0 Å². The number of nitrogens with one attached hydrogen (secondary N) is 1. The maximum absolute atomic E-state index is 12.8. The Bertz CT molecular complexity index is 842. The van der Waals surface area contributed by atoms with Gasteiger partial charge in [-0.25, -0.2) is 0 Å². The van der Waals surface area contributed by atoms with Crippen molar-refractivity contribution in [2.75, 3.05) is 5.32 Å². The highest BCUT2D eigenvalue weighted by atomic mass is 35.5. The van der Waals surface area contributed by atoms with Crippen molar-refractivity contribution < 1.29 is 27.6 Å². The second-order valence-corrected chi connectivity index (χ2v) is 5.60. The van der Waals surface area contributed by atoms with E-state index in [0.717, 1.165) is 18.2 Å². The van der Waals surface area contributed by atoms with E-state index in [-0.39, 0.29) is 22.1 Å². The summed E-state index contributed by atoms with van der Waals surface area (Å²) in [5, 5.41) is 12.9. The molecule has 10 heteroatoms. The number of rotatable bonds is 5. The number of carbonyl (C=O) groups excluding carboxylic acids is 1. The normalized spacial score (nSPS) is 12.3. The first-order valence-electron chi connectivity index (χ1n) is 7.16. The van der Waals surface area contributed by atoms with E-state index in [0.29, 0.717) is 6.07 Å². The highest BCUT2D eigenvalue weighted by molar-refractivity contribution is 6.33. The van der Waals surface area contributed by atoms with Crippen LogP contribution in [0.5, 0.6) is 5.75 Å². The van der Waals surface area contributed by atoms with Crippen molar-refractivity contribution in [1.82, 2.24) is 0 Å². The average Bonchev–Trinajstić information content (AvgIpc) is 2.55. The molecule has 0 aliphatic carbocycles. The van der Waals surface area contributed by atoms with Gasteiger partial charge in [-0.15, -0.1) is 0 Å². The number of alkyl halides is 3. The van der Waals surface area contributed by atoms with Crippen LogP contribution in [0.15, 0.2) is 42.5 Å². The van der Waals surface area contributed by atoms with Crippen LogP contribution in [0, 0.1) is 10.1 Å². The molecule has 6 nitrogen and oxygen atoms in total. The van der Waals surface area contributed by atoms with E-state index in [1.54, 1.807) is 0 Å². The minimum Gasteiger partial charge on any atom is -0.481 e. The van der Waals surface area contributed by atoms with Crippen LogP contribution in [0.1, 0.15) is 12.5 Å². The first-order valence-corrected chi connectivity index (χ1v) is 7.54. The number of nitro benzene ring substituents is 1. The smallest absolute Gasteiger partial charge is 0.416 e. The standard InChI is InChI=1S/C16H12ClF3N2O4/c1-9(26-12-4-2-3-11(8-12)22(24)25)15(23)21-14-7-10(16(18,19)20)5-6-13(14)17/h2-9H,1H3,(H,21,23)/t9-/m1/s1. The molecule has 0 spiro atoms. The van der Waals surface area contributed by atoms with Gasteiger partial charge < -0.3 is 10.1 Å². The Labute approximate surface area is 150 Å². The number of nitro groups is 1. The Balaban J connectivity index is 2.12. The SMILES string of the molecule is C[C@@H](Oc1cccc([N+](=O)[O-])c1)C(=O)Nc1cc(C(F)(F)F)ccc1Cl. The van der Waals surface area contributed by atoms with Crippen molar-refractivity contribution in [2.45, 2.75) is 19.2 Å². The maximum Gasteiger partial charge on any atom is 0.416 e. The van der Waals surface area contributed by atoms with Gasteiger partial charge in [0.2, 0.25) is 0 Å². The summed E-state index contributed by atoms with van der Waals surface area (Å²) in [5.74, 6) is -0.699. The first-order chi connectivity index (χ1) is 12.1. The Kier molecular flexibility index (Phi) is 5.71. The fourth-order valence-electron chi connectivity index (χ4n) is 1.96. The molecule has 0 saturated heterocycles. The van der Waals surface area contributed by atoms with Gasteiger partial charge in [-0.1, -0.05) is 17.7 Å². The predicted octanol–water partition coefficient (Wildman–Crippen LogP) is 4.67. The third-order valence-electron chi connectivity index (χ3n) is 3.26. The molecule has 0 saturated carbocycles. The molecule has 138 valence electrons. The van der Waals surface area contributed by atoms with Crippen molar-refractivity contribution in [3.63, 3.8) is 0 Å². The van der Waals surface area contributed by atoms with Crippen molar-refractivity contribution in [3.8, 4) is 5.75 Å². The van der Waals surface area contributed by atoms with Crippen LogP contribution in [0.4, 0.5) is 24.5 Å². The molecule has 0 bridgehead atoms. The first kappa shape index (κ1) is 19.5. The average molecular weight is 389 g/mol. The third-order valence-corrected chi connectivity index (χ3v) is 3.59. The van der Waals surface area contributed by atoms with E-state index in [9.17, 15) is 28.1 Å². The number of carbonyl (C=O) groups is 1. The summed E-state index contributed by atoms with van der Waals surface area (Å²) in [4.78, 5) is 22.2. The number of anilines is 1. The van der Waals surface area contributed by atoms with E-state index in [4.69, 9.17) is 16.3 Å². The minimum absolute atomic E-state index is 0.0667. The quantitative estimate of drug-likeness (QED) is 0.596. The van der Waals surface area contributed by atoms with E-state index >= 15 is 0 Å². The third kappa shape index (κ3) is 4.85. The van der Waals surface area contributed by atoms with Crippen molar-refractivity contribution >= 4 is 28.9 Å². The second kappa shape index (κ2) is 7.61. The van der Waals surface area contributed by atoms with Gasteiger partial charge >= 0.3 is 6.18 Å². The lowest BCUT2D eigenvalue weighted by atomic mass is 10.2. The number of nitrogens with zero attached hydrogens (tertiary/aromatic N) is 1. The lowest BCUT2D eigenvalue weighted by Crippen LogP contribution is -2.30. The number of benzene rings is 2. The van der Waals surface area contributed by atoms with Crippen LogP contribution in [-0.4, -0.2) is 16.9 Å². The maximum atomic E-state index is 12.8. The van der Waals surface area contributed by atoms with E-state index in [2.05, 4.69) is 5.32 Å². The number of amides is 1. The van der Waals surface area contributed by atoms with Crippen molar-refractivity contribution in [3.05, 3.63) is 63.2 Å². The Morgan fingerprint density at radius 3 is 2.58 bits per heavy atom. The molecule has 0 aromatic heterocycles.